The normalized spacial score (nSPS) is 23.6. The van der Waals surface area contributed by atoms with Crippen LogP contribution in [0.3, 0.4) is 0 Å². The summed E-state index contributed by atoms with van der Waals surface area (Å²) in [6.45, 7) is 4.67. The van der Waals surface area contributed by atoms with E-state index in [0.29, 0.717) is 45.7 Å². The highest BCUT2D eigenvalue weighted by molar-refractivity contribution is 5.83. The molecule has 0 radical (unpaired) electrons. The summed E-state index contributed by atoms with van der Waals surface area (Å²) >= 11 is 0. The molecular weight excluding hydrogens is 272 g/mol. The van der Waals surface area contributed by atoms with E-state index in [2.05, 4.69) is 0 Å². The Morgan fingerprint density at radius 3 is 2.43 bits per heavy atom. The second kappa shape index (κ2) is 7.20. The lowest BCUT2D eigenvalue weighted by molar-refractivity contribution is -0.147. The molecule has 0 atom stereocenters. The van der Waals surface area contributed by atoms with Gasteiger partial charge in [-0.3, -0.25) is 14.5 Å². The average molecular weight is 298 g/mol. The van der Waals surface area contributed by atoms with Crippen molar-refractivity contribution >= 4 is 11.8 Å². The summed E-state index contributed by atoms with van der Waals surface area (Å²) in [7, 11) is 0. The summed E-state index contributed by atoms with van der Waals surface area (Å²) in [4.78, 5) is 27.8. The fourth-order valence-electron chi connectivity index (χ4n) is 3.16. The molecule has 0 spiro atoms. The Morgan fingerprint density at radius 1 is 1.10 bits per heavy atom. The highest BCUT2D eigenvalue weighted by Crippen LogP contribution is 2.32. The van der Waals surface area contributed by atoms with E-state index in [1.807, 2.05) is 9.80 Å². The molecule has 2 fully saturated rings. The fourth-order valence-corrected chi connectivity index (χ4v) is 3.16. The first kappa shape index (κ1) is 16.2. The number of amides is 2. The molecular formula is C14H26N4O3. The van der Waals surface area contributed by atoms with Crippen molar-refractivity contribution in [3.63, 3.8) is 0 Å². The molecule has 2 aliphatic heterocycles. The number of hydrogen-bond donors (Lipinski definition) is 2. The largest absolute Gasteiger partial charge is 0.381 e. The zero-order chi connectivity index (χ0) is 15.3. The Balaban J connectivity index is 1.97. The van der Waals surface area contributed by atoms with Gasteiger partial charge in [0.2, 0.25) is 11.8 Å². The minimum atomic E-state index is -0.461. The standard InChI is InChI=1S/C14H26N4O3/c15-11-14(2-8-21-9-3-14)13(20)18-5-1-4-17(6-7-18)10-12(16)19/h1-11,15H2,(H2,16,19). The third-order valence-corrected chi connectivity index (χ3v) is 4.55. The maximum Gasteiger partial charge on any atom is 0.231 e. The van der Waals surface area contributed by atoms with Crippen molar-refractivity contribution in [1.82, 2.24) is 9.80 Å². The SMILES string of the molecule is NCC1(C(=O)N2CCCN(CC(N)=O)CC2)CCOCC1. The van der Waals surface area contributed by atoms with Crippen molar-refractivity contribution in [1.29, 1.82) is 0 Å². The van der Waals surface area contributed by atoms with Gasteiger partial charge in [-0.05, 0) is 19.3 Å². The van der Waals surface area contributed by atoms with E-state index in [4.69, 9.17) is 16.2 Å². The third kappa shape index (κ3) is 3.93. The molecule has 0 aromatic rings. The van der Waals surface area contributed by atoms with Crippen molar-refractivity contribution in [3.05, 3.63) is 0 Å². The number of nitrogens with two attached hydrogens (primary N) is 2. The number of carbonyl (C=O) groups excluding carboxylic acids is 2. The van der Waals surface area contributed by atoms with Gasteiger partial charge in [-0.15, -0.1) is 0 Å². The van der Waals surface area contributed by atoms with Gasteiger partial charge in [0.1, 0.15) is 0 Å². The van der Waals surface area contributed by atoms with Crippen molar-refractivity contribution < 1.29 is 14.3 Å². The van der Waals surface area contributed by atoms with Gasteiger partial charge in [-0.25, -0.2) is 0 Å². The minimum absolute atomic E-state index is 0.147. The zero-order valence-corrected chi connectivity index (χ0v) is 12.6. The minimum Gasteiger partial charge on any atom is -0.381 e. The summed E-state index contributed by atoms with van der Waals surface area (Å²) in [5.74, 6) is -0.174. The molecule has 2 saturated heterocycles. The van der Waals surface area contributed by atoms with E-state index in [1.54, 1.807) is 0 Å². The molecule has 0 aliphatic carbocycles. The third-order valence-electron chi connectivity index (χ3n) is 4.55. The quantitative estimate of drug-likeness (QED) is 0.676. The molecule has 0 aromatic heterocycles. The number of rotatable bonds is 4. The van der Waals surface area contributed by atoms with Crippen LogP contribution in [-0.2, 0) is 14.3 Å². The monoisotopic (exact) mass is 298 g/mol. The molecule has 4 N–H and O–H groups in total. The van der Waals surface area contributed by atoms with Gasteiger partial charge in [-0.1, -0.05) is 0 Å². The lowest BCUT2D eigenvalue weighted by Crippen LogP contribution is -2.51. The number of nitrogens with zero attached hydrogens (tertiary/aromatic N) is 2. The van der Waals surface area contributed by atoms with Crippen molar-refractivity contribution in [2.24, 2.45) is 16.9 Å². The maximum atomic E-state index is 12.9. The molecule has 7 heteroatoms. The maximum absolute atomic E-state index is 12.9. The molecule has 2 rings (SSSR count). The highest BCUT2D eigenvalue weighted by Gasteiger charge is 2.41. The lowest BCUT2D eigenvalue weighted by Gasteiger charge is -2.38. The summed E-state index contributed by atoms with van der Waals surface area (Å²) in [6.07, 6.45) is 2.25. The van der Waals surface area contributed by atoms with Crippen molar-refractivity contribution in [2.75, 3.05) is 52.5 Å². The van der Waals surface area contributed by atoms with Crippen molar-refractivity contribution in [2.45, 2.75) is 19.3 Å². The van der Waals surface area contributed by atoms with Crippen molar-refractivity contribution in [3.8, 4) is 0 Å². The van der Waals surface area contributed by atoms with Crippen LogP contribution in [0.25, 0.3) is 0 Å². The van der Waals surface area contributed by atoms with Gasteiger partial charge in [0.15, 0.2) is 0 Å². The molecule has 0 bridgehead atoms. The van der Waals surface area contributed by atoms with Gasteiger partial charge in [0.25, 0.3) is 0 Å². The molecule has 7 nitrogen and oxygen atoms in total. The first-order valence-corrected chi connectivity index (χ1v) is 7.65. The molecule has 120 valence electrons. The zero-order valence-electron chi connectivity index (χ0n) is 12.6. The van der Waals surface area contributed by atoms with E-state index in [1.165, 1.54) is 0 Å². The highest BCUT2D eigenvalue weighted by atomic mass is 16.5. The summed E-state index contributed by atoms with van der Waals surface area (Å²) in [6, 6.07) is 0. The van der Waals surface area contributed by atoms with Gasteiger partial charge in [0, 0.05) is 45.9 Å². The van der Waals surface area contributed by atoms with Gasteiger partial charge >= 0.3 is 0 Å². The van der Waals surface area contributed by atoms with E-state index in [0.717, 1.165) is 19.5 Å². The first-order chi connectivity index (χ1) is 10.1. The summed E-state index contributed by atoms with van der Waals surface area (Å²) in [5, 5.41) is 0. The van der Waals surface area contributed by atoms with Crippen LogP contribution in [0.5, 0.6) is 0 Å². The second-order valence-corrected chi connectivity index (χ2v) is 5.99. The Bertz CT molecular complexity index is 382. The van der Waals surface area contributed by atoms with Crippen LogP contribution in [0.1, 0.15) is 19.3 Å². The smallest absolute Gasteiger partial charge is 0.231 e. The van der Waals surface area contributed by atoms with Crippen LogP contribution in [0, 0.1) is 5.41 Å². The van der Waals surface area contributed by atoms with E-state index >= 15 is 0 Å². The molecule has 21 heavy (non-hydrogen) atoms. The Hall–Kier alpha value is -1.18. The molecule has 2 amide bonds. The number of carbonyl (C=O) groups is 2. The molecule has 0 unspecified atom stereocenters. The van der Waals surface area contributed by atoms with Gasteiger partial charge in [0.05, 0.1) is 12.0 Å². The number of ether oxygens (including phenoxy) is 1. The van der Waals surface area contributed by atoms with Crippen LogP contribution in [0.4, 0.5) is 0 Å². The first-order valence-electron chi connectivity index (χ1n) is 7.65. The average Bonchev–Trinajstić information content (AvgIpc) is 2.72. The lowest BCUT2D eigenvalue weighted by atomic mass is 9.79. The summed E-state index contributed by atoms with van der Waals surface area (Å²) < 4.78 is 5.36. The molecule has 2 heterocycles. The van der Waals surface area contributed by atoms with E-state index < -0.39 is 5.41 Å². The van der Waals surface area contributed by atoms with Gasteiger partial charge in [-0.2, -0.15) is 0 Å². The summed E-state index contributed by atoms with van der Waals surface area (Å²) in [5.41, 5.74) is 10.7. The Morgan fingerprint density at radius 2 is 1.81 bits per heavy atom. The second-order valence-electron chi connectivity index (χ2n) is 5.99. The molecule has 2 aliphatic rings. The van der Waals surface area contributed by atoms with E-state index in [-0.39, 0.29) is 18.4 Å². The number of primary amides is 1. The van der Waals surface area contributed by atoms with Gasteiger partial charge < -0.3 is 21.1 Å². The Labute approximate surface area is 125 Å². The molecule has 0 saturated carbocycles. The Kier molecular flexibility index (Phi) is 5.55. The predicted molar refractivity (Wildman–Crippen MR) is 78.4 cm³/mol. The van der Waals surface area contributed by atoms with Crippen LogP contribution < -0.4 is 11.5 Å². The molecule has 0 aromatic carbocycles. The van der Waals surface area contributed by atoms with Crippen LogP contribution >= 0.6 is 0 Å². The van der Waals surface area contributed by atoms with Crippen LogP contribution in [0.15, 0.2) is 0 Å². The number of hydrogen-bond acceptors (Lipinski definition) is 5. The fraction of sp³-hybridized carbons (Fsp3) is 0.857. The van der Waals surface area contributed by atoms with Crippen LogP contribution in [0.2, 0.25) is 0 Å². The topological polar surface area (TPSA) is 102 Å². The van der Waals surface area contributed by atoms with E-state index in [9.17, 15) is 9.59 Å². The predicted octanol–water partition coefficient (Wildman–Crippen LogP) is -1.24. The van der Waals surface area contributed by atoms with Crippen LogP contribution in [-0.4, -0.2) is 74.1 Å².